The average Bonchev–Trinajstić information content (AvgIpc) is 3.15. The van der Waals surface area contributed by atoms with Crippen LogP contribution >= 0.6 is 11.3 Å². The highest BCUT2D eigenvalue weighted by molar-refractivity contribution is 7.18. The van der Waals surface area contributed by atoms with Crippen molar-refractivity contribution in [1.82, 2.24) is 15.2 Å². The first-order chi connectivity index (χ1) is 10.7. The lowest BCUT2D eigenvalue weighted by Gasteiger charge is -2.03. The van der Waals surface area contributed by atoms with Crippen LogP contribution in [0.1, 0.15) is 19.4 Å². The van der Waals surface area contributed by atoms with E-state index < -0.39 is 0 Å². The third-order valence-electron chi connectivity index (χ3n) is 3.08. The van der Waals surface area contributed by atoms with Crippen molar-refractivity contribution in [3.8, 4) is 27.9 Å². The van der Waals surface area contributed by atoms with Crippen molar-refractivity contribution in [3.63, 3.8) is 0 Å². The van der Waals surface area contributed by atoms with Gasteiger partial charge in [-0.25, -0.2) is 4.98 Å². The molecular formula is C16H15N5S. The molecule has 0 fully saturated rings. The molecule has 0 atom stereocenters. The lowest BCUT2D eigenvalue weighted by atomic mass is 10.1. The molecule has 110 valence electrons. The van der Waals surface area contributed by atoms with E-state index in [2.05, 4.69) is 40.4 Å². The Morgan fingerprint density at radius 1 is 1.32 bits per heavy atom. The van der Waals surface area contributed by atoms with Crippen LogP contribution in [0.5, 0.6) is 0 Å². The maximum atomic E-state index is 9.19. The molecule has 2 heterocycles. The highest BCUT2D eigenvalue weighted by Crippen LogP contribution is 2.31. The Hall–Kier alpha value is -2.65. The molecule has 0 saturated heterocycles. The zero-order chi connectivity index (χ0) is 15.5. The summed E-state index contributed by atoms with van der Waals surface area (Å²) in [7, 11) is 0. The molecule has 2 N–H and O–H groups in total. The van der Waals surface area contributed by atoms with Crippen LogP contribution in [0.2, 0.25) is 0 Å². The summed E-state index contributed by atoms with van der Waals surface area (Å²) in [5.74, 6) is 0. The van der Waals surface area contributed by atoms with Crippen LogP contribution in [0.25, 0.3) is 21.8 Å². The van der Waals surface area contributed by atoms with Gasteiger partial charge < -0.3 is 5.32 Å². The molecule has 22 heavy (non-hydrogen) atoms. The van der Waals surface area contributed by atoms with Crippen molar-refractivity contribution >= 4 is 16.5 Å². The lowest BCUT2D eigenvalue weighted by Crippen LogP contribution is -2.08. The summed E-state index contributed by atoms with van der Waals surface area (Å²) >= 11 is 1.57. The molecule has 1 aromatic carbocycles. The second-order valence-corrected chi connectivity index (χ2v) is 6.18. The average molecular weight is 309 g/mol. The first-order valence-corrected chi connectivity index (χ1v) is 7.76. The standard InChI is InChI=1S/C16H15N5S/c1-10(2)19-16-18-9-15(22-16)14-7-13(20-21-14)12-6-4-3-5-11(12)8-17/h3-7,9-10H,1-2H3,(H,18,19)(H,20,21). The summed E-state index contributed by atoms with van der Waals surface area (Å²) in [6, 6.07) is 11.9. The van der Waals surface area contributed by atoms with Crippen LogP contribution in [-0.4, -0.2) is 21.2 Å². The minimum atomic E-state index is 0.346. The van der Waals surface area contributed by atoms with E-state index >= 15 is 0 Å². The largest absolute Gasteiger partial charge is 0.359 e. The lowest BCUT2D eigenvalue weighted by molar-refractivity contribution is 0.896. The molecule has 0 unspecified atom stereocenters. The number of nitrogens with zero attached hydrogens (tertiary/aromatic N) is 3. The van der Waals surface area contributed by atoms with Crippen LogP contribution in [0, 0.1) is 11.3 Å². The third-order valence-corrected chi connectivity index (χ3v) is 4.05. The van der Waals surface area contributed by atoms with Crippen LogP contribution in [0.3, 0.4) is 0 Å². The summed E-state index contributed by atoms with van der Waals surface area (Å²) in [6.07, 6.45) is 1.82. The molecule has 0 aliphatic heterocycles. The summed E-state index contributed by atoms with van der Waals surface area (Å²) in [4.78, 5) is 5.37. The molecule has 0 saturated carbocycles. The number of hydrogen-bond donors (Lipinski definition) is 2. The Labute approximate surface area is 132 Å². The summed E-state index contributed by atoms with van der Waals surface area (Å²) in [5, 5.41) is 20.7. The number of aromatic amines is 1. The zero-order valence-electron chi connectivity index (χ0n) is 12.3. The van der Waals surface area contributed by atoms with Gasteiger partial charge in [-0.05, 0) is 26.0 Å². The van der Waals surface area contributed by atoms with Crippen molar-refractivity contribution in [2.45, 2.75) is 19.9 Å². The van der Waals surface area contributed by atoms with E-state index in [4.69, 9.17) is 0 Å². The summed E-state index contributed by atoms with van der Waals surface area (Å²) in [5.41, 5.74) is 3.11. The van der Waals surface area contributed by atoms with Crippen LogP contribution in [-0.2, 0) is 0 Å². The Morgan fingerprint density at radius 2 is 2.14 bits per heavy atom. The fourth-order valence-corrected chi connectivity index (χ4v) is 3.03. The van der Waals surface area contributed by atoms with E-state index in [-0.39, 0.29) is 0 Å². The van der Waals surface area contributed by atoms with E-state index in [1.807, 2.05) is 30.5 Å². The smallest absolute Gasteiger partial charge is 0.183 e. The van der Waals surface area contributed by atoms with Gasteiger partial charge in [0, 0.05) is 17.8 Å². The predicted molar refractivity (Wildman–Crippen MR) is 88.6 cm³/mol. The van der Waals surface area contributed by atoms with Gasteiger partial charge in [0.05, 0.1) is 27.9 Å². The fourth-order valence-electron chi connectivity index (χ4n) is 2.10. The van der Waals surface area contributed by atoms with Gasteiger partial charge in [0.25, 0.3) is 0 Å². The van der Waals surface area contributed by atoms with E-state index in [1.165, 1.54) is 0 Å². The van der Waals surface area contributed by atoms with Crippen LogP contribution in [0.4, 0.5) is 5.13 Å². The Balaban J connectivity index is 1.91. The van der Waals surface area contributed by atoms with E-state index in [9.17, 15) is 5.26 Å². The molecule has 0 aliphatic rings. The number of benzene rings is 1. The summed E-state index contributed by atoms with van der Waals surface area (Å²) in [6.45, 7) is 4.16. The maximum Gasteiger partial charge on any atom is 0.183 e. The summed E-state index contributed by atoms with van der Waals surface area (Å²) < 4.78 is 0. The molecular weight excluding hydrogens is 294 g/mol. The topological polar surface area (TPSA) is 77.4 Å². The number of hydrogen-bond acceptors (Lipinski definition) is 5. The van der Waals surface area contributed by atoms with Crippen molar-refractivity contribution in [3.05, 3.63) is 42.1 Å². The number of aromatic nitrogens is 3. The van der Waals surface area contributed by atoms with Gasteiger partial charge in [-0.15, -0.1) is 0 Å². The number of nitriles is 1. The molecule has 0 bridgehead atoms. The molecule has 0 spiro atoms. The quantitative estimate of drug-likeness (QED) is 0.766. The minimum Gasteiger partial charge on any atom is -0.359 e. The van der Waals surface area contributed by atoms with Gasteiger partial charge in [-0.3, -0.25) is 5.10 Å². The van der Waals surface area contributed by atoms with Crippen LogP contribution in [0.15, 0.2) is 36.5 Å². The molecule has 2 aromatic heterocycles. The molecule has 0 radical (unpaired) electrons. The normalized spacial score (nSPS) is 10.6. The number of nitrogens with one attached hydrogen (secondary N) is 2. The highest BCUT2D eigenvalue weighted by Gasteiger charge is 2.11. The number of thiazole rings is 1. The molecule has 3 rings (SSSR count). The fraction of sp³-hybridized carbons (Fsp3) is 0.188. The SMILES string of the molecule is CC(C)Nc1ncc(-c2cc(-c3ccccc3C#N)n[nH]2)s1. The van der Waals surface area contributed by atoms with Gasteiger partial charge in [0.2, 0.25) is 0 Å². The first kappa shape index (κ1) is 14.3. The Bertz CT molecular complexity index is 825. The van der Waals surface area contributed by atoms with Gasteiger partial charge in [0.15, 0.2) is 5.13 Å². The number of H-pyrrole nitrogens is 1. The molecule has 3 aromatic rings. The molecule has 6 heteroatoms. The Kier molecular flexibility index (Phi) is 3.90. The number of anilines is 1. The predicted octanol–water partition coefficient (Wildman–Crippen LogP) is 3.89. The van der Waals surface area contributed by atoms with Gasteiger partial charge >= 0.3 is 0 Å². The van der Waals surface area contributed by atoms with Crippen molar-refractivity contribution in [2.75, 3.05) is 5.32 Å². The van der Waals surface area contributed by atoms with Gasteiger partial charge in [-0.2, -0.15) is 10.4 Å². The van der Waals surface area contributed by atoms with Crippen LogP contribution < -0.4 is 5.32 Å². The van der Waals surface area contributed by atoms with Crippen molar-refractivity contribution in [1.29, 1.82) is 5.26 Å². The number of rotatable bonds is 4. The zero-order valence-corrected chi connectivity index (χ0v) is 13.1. The van der Waals surface area contributed by atoms with E-state index in [1.54, 1.807) is 17.4 Å². The Morgan fingerprint density at radius 3 is 2.91 bits per heavy atom. The maximum absolute atomic E-state index is 9.19. The van der Waals surface area contributed by atoms with E-state index in [0.717, 1.165) is 27.0 Å². The monoisotopic (exact) mass is 309 g/mol. The van der Waals surface area contributed by atoms with Gasteiger partial charge in [-0.1, -0.05) is 29.5 Å². The highest BCUT2D eigenvalue weighted by atomic mass is 32.1. The van der Waals surface area contributed by atoms with Crippen molar-refractivity contribution < 1.29 is 0 Å². The third kappa shape index (κ3) is 2.85. The van der Waals surface area contributed by atoms with E-state index in [0.29, 0.717) is 11.6 Å². The molecule has 0 aliphatic carbocycles. The first-order valence-electron chi connectivity index (χ1n) is 6.95. The molecule has 0 amide bonds. The van der Waals surface area contributed by atoms with Gasteiger partial charge in [0.1, 0.15) is 0 Å². The second kappa shape index (κ2) is 6.00. The molecule has 5 nitrogen and oxygen atoms in total. The second-order valence-electron chi connectivity index (χ2n) is 5.15. The minimum absolute atomic E-state index is 0.346. The van der Waals surface area contributed by atoms with Crippen molar-refractivity contribution in [2.24, 2.45) is 0 Å².